The van der Waals surface area contributed by atoms with Gasteiger partial charge in [-0.2, -0.15) is 4.68 Å². The van der Waals surface area contributed by atoms with Gasteiger partial charge in [-0.05, 0) is 22.1 Å². The summed E-state index contributed by atoms with van der Waals surface area (Å²) in [6, 6.07) is 11.2. The van der Waals surface area contributed by atoms with Crippen LogP contribution in [0.1, 0.15) is 27.5 Å². The molecule has 2 N–H and O–H groups in total. The highest BCUT2D eigenvalue weighted by atomic mass is 35.5. The number of nitrogens with one attached hydrogen (secondary N) is 2. The number of halogens is 1. The van der Waals surface area contributed by atoms with Gasteiger partial charge in [0.15, 0.2) is 5.54 Å². The molecule has 1 amide bonds. The van der Waals surface area contributed by atoms with Crippen LogP contribution in [0.4, 0.5) is 11.6 Å². The third-order valence-electron chi connectivity index (χ3n) is 5.93. The fourth-order valence-electron chi connectivity index (χ4n) is 4.78. The fourth-order valence-corrected chi connectivity index (χ4v) is 5.00. The van der Waals surface area contributed by atoms with E-state index in [1.54, 1.807) is 42.5 Å². The first kappa shape index (κ1) is 16.4. The van der Waals surface area contributed by atoms with Crippen LogP contribution in [0, 0.1) is 5.92 Å². The average Bonchev–Trinajstić information content (AvgIpc) is 3.31. The highest BCUT2D eigenvalue weighted by molar-refractivity contribution is 6.47. The minimum atomic E-state index is -1.63. The molecule has 3 aromatic rings. The summed E-state index contributed by atoms with van der Waals surface area (Å²) in [5, 5.41) is 17.9. The number of aromatic nitrogens is 4. The van der Waals surface area contributed by atoms with Crippen molar-refractivity contribution in [3.8, 4) is 0 Å². The predicted molar refractivity (Wildman–Crippen MR) is 101 cm³/mol. The van der Waals surface area contributed by atoms with Gasteiger partial charge in [-0.1, -0.05) is 53.1 Å². The summed E-state index contributed by atoms with van der Waals surface area (Å²) in [7, 11) is 0. The average molecular weight is 407 g/mol. The largest absolute Gasteiger partial charge is 0.345 e. The SMILES string of the molecule is O=C1C(=O)C2C(Nc3nnnn3C23C(=O)Nc2c(Cl)cccc23)c2ccccc21. The molecule has 10 heteroatoms. The third kappa shape index (κ3) is 1.76. The Kier molecular flexibility index (Phi) is 2.97. The molecule has 3 heterocycles. The van der Waals surface area contributed by atoms with E-state index in [4.69, 9.17) is 11.6 Å². The van der Waals surface area contributed by atoms with Gasteiger partial charge in [0.25, 0.3) is 5.91 Å². The summed E-state index contributed by atoms with van der Waals surface area (Å²) < 4.78 is 1.28. The molecule has 3 unspecified atom stereocenters. The molecule has 1 spiro atoms. The summed E-state index contributed by atoms with van der Waals surface area (Å²) in [5.41, 5.74) is 0.155. The Morgan fingerprint density at radius 1 is 1.07 bits per heavy atom. The maximum absolute atomic E-state index is 13.5. The lowest BCUT2D eigenvalue weighted by Gasteiger charge is -2.45. The van der Waals surface area contributed by atoms with Crippen molar-refractivity contribution in [3.05, 3.63) is 64.2 Å². The van der Waals surface area contributed by atoms with Crippen molar-refractivity contribution < 1.29 is 14.4 Å². The number of tetrazole rings is 1. The topological polar surface area (TPSA) is 119 Å². The lowest BCUT2D eigenvalue weighted by molar-refractivity contribution is -0.133. The quantitative estimate of drug-likeness (QED) is 0.544. The van der Waals surface area contributed by atoms with E-state index in [1.165, 1.54) is 4.68 Å². The second kappa shape index (κ2) is 5.26. The second-order valence-corrected chi connectivity index (χ2v) is 7.58. The zero-order chi connectivity index (χ0) is 19.9. The van der Waals surface area contributed by atoms with Crippen molar-refractivity contribution >= 4 is 40.7 Å². The van der Waals surface area contributed by atoms with Gasteiger partial charge in [0.1, 0.15) is 0 Å². The van der Waals surface area contributed by atoms with Gasteiger partial charge in [0.2, 0.25) is 17.5 Å². The molecule has 9 nitrogen and oxygen atoms in total. The van der Waals surface area contributed by atoms with Crippen molar-refractivity contribution in [2.24, 2.45) is 5.92 Å². The maximum Gasteiger partial charge on any atom is 0.258 e. The Labute approximate surface area is 168 Å². The number of hydrogen-bond donors (Lipinski definition) is 2. The molecule has 2 aliphatic heterocycles. The smallest absolute Gasteiger partial charge is 0.258 e. The highest BCUT2D eigenvalue weighted by Gasteiger charge is 2.66. The first-order chi connectivity index (χ1) is 14.0. The van der Waals surface area contributed by atoms with Crippen LogP contribution in [-0.4, -0.2) is 37.7 Å². The van der Waals surface area contributed by atoms with Crippen molar-refractivity contribution in [2.45, 2.75) is 11.6 Å². The molecule has 1 aliphatic carbocycles. The fraction of sp³-hybridized carbons (Fsp3) is 0.158. The number of nitrogens with zero attached hydrogens (tertiary/aromatic N) is 4. The molecule has 1 aromatic heterocycles. The number of fused-ring (bicyclic) bond motifs is 8. The van der Waals surface area contributed by atoms with Crippen molar-refractivity contribution in [3.63, 3.8) is 0 Å². The predicted octanol–water partition coefficient (Wildman–Crippen LogP) is 1.57. The molecule has 0 bridgehead atoms. The number of hydrogen-bond acceptors (Lipinski definition) is 7. The van der Waals surface area contributed by atoms with E-state index in [-0.39, 0.29) is 5.95 Å². The van der Waals surface area contributed by atoms with Crippen LogP contribution in [0.25, 0.3) is 0 Å². The Hall–Kier alpha value is -3.59. The zero-order valence-corrected chi connectivity index (χ0v) is 15.3. The van der Waals surface area contributed by atoms with E-state index < -0.39 is 35.0 Å². The molecule has 142 valence electrons. The number of rotatable bonds is 0. The standard InChI is InChI=1S/C19H11ClN6O3/c20-11-7-3-6-10-14(11)21-17(29)19(10)12-13(22-18-23-24-25-26(18)19)8-4-1-2-5-9(8)15(27)16(12)28/h1-7,12-13H,(H,21,29)(H,22,23,25). The Balaban J connectivity index is 1.73. The summed E-state index contributed by atoms with van der Waals surface area (Å²) in [4.78, 5) is 39.8. The van der Waals surface area contributed by atoms with Gasteiger partial charge >= 0.3 is 0 Å². The third-order valence-corrected chi connectivity index (χ3v) is 6.24. The molecular formula is C19H11ClN6O3. The van der Waals surface area contributed by atoms with Gasteiger partial charge in [-0.3, -0.25) is 14.4 Å². The number of para-hydroxylation sites is 1. The number of carbonyl (C=O) groups excluding carboxylic acids is 3. The normalized spacial score (nSPS) is 26.3. The maximum atomic E-state index is 13.5. The Morgan fingerprint density at radius 3 is 2.76 bits per heavy atom. The molecule has 0 saturated heterocycles. The number of ketones is 2. The van der Waals surface area contributed by atoms with Crippen LogP contribution in [0.2, 0.25) is 5.02 Å². The van der Waals surface area contributed by atoms with Crippen LogP contribution in [0.15, 0.2) is 42.5 Å². The van der Waals surface area contributed by atoms with Crippen LogP contribution in [0.5, 0.6) is 0 Å². The van der Waals surface area contributed by atoms with E-state index in [9.17, 15) is 14.4 Å². The van der Waals surface area contributed by atoms with Crippen LogP contribution < -0.4 is 10.6 Å². The summed E-state index contributed by atoms with van der Waals surface area (Å²) >= 11 is 6.32. The second-order valence-electron chi connectivity index (χ2n) is 7.18. The van der Waals surface area contributed by atoms with Gasteiger partial charge < -0.3 is 10.6 Å². The lowest BCUT2D eigenvalue weighted by atomic mass is 9.65. The Bertz CT molecular complexity index is 1270. The molecule has 3 aliphatic rings. The van der Waals surface area contributed by atoms with Gasteiger partial charge in [0.05, 0.1) is 22.7 Å². The molecule has 3 atom stereocenters. The summed E-state index contributed by atoms with van der Waals surface area (Å²) in [5.74, 6) is -2.67. The zero-order valence-electron chi connectivity index (χ0n) is 14.6. The number of carbonyl (C=O) groups is 3. The summed E-state index contributed by atoms with van der Waals surface area (Å²) in [6.45, 7) is 0. The minimum Gasteiger partial charge on any atom is -0.345 e. The van der Waals surface area contributed by atoms with Crippen molar-refractivity contribution in [1.29, 1.82) is 0 Å². The van der Waals surface area contributed by atoms with Crippen LogP contribution in [-0.2, 0) is 15.1 Å². The first-order valence-electron chi connectivity index (χ1n) is 8.88. The Morgan fingerprint density at radius 2 is 1.90 bits per heavy atom. The summed E-state index contributed by atoms with van der Waals surface area (Å²) in [6.07, 6.45) is 0. The van der Waals surface area contributed by atoms with E-state index in [0.29, 0.717) is 27.4 Å². The van der Waals surface area contributed by atoms with E-state index in [1.807, 2.05) is 0 Å². The molecule has 6 rings (SSSR count). The van der Waals surface area contributed by atoms with Crippen LogP contribution in [0.3, 0.4) is 0 Å². The van der Waals surface area contributed by atoms with E-state index in [2.05, 4.69) is 26.2 Å². The molecule has 0 radical (unpaired) electrons. The lowest BCUT2D eigenvalue weighted by Crippen LogP contribution is -2.60. The van der Waals surface area contributed by atoms with Gasteiger partial charge in [0, 0.05) is 11.1 Å². The molecule has 0 fully saturated rings. The van der Waals surface area contributed by atoms with Crippen molar-refractivity contribution in [2.75, 3.05) is 10.6 Å². The van der Waals surface area contributed by atoms with Gasteiger partial charge in [-0.15, -0.1) is 0 Å². The highest BCUT2D eigenvalue weighted by Crippen LogP contribution is 2.55. The molecule has 2 aromatic carbocycles. The first-order valence-corrected chi connectivity index (χ1v) is 9.26. The van der Waals surface area contributed by atoms with E-state index in [0.717, 1.165) is 0 Å². The number of Topliss-reactive ketones (excluding diaryl/α,β-unsaturated/α-hetero) is 2. The number of anilines is 2. The molecular weight excluding hydrogens is 396 g/mol. The van der Waals surface area contributed by atoms with E-state index >= 15 is 0 Å². The minimum absolute atomic E-state index is 0.228. The molecule has 29 heavy (non-hydrogen) atoms. The van der Waals surface area contributed by atoms with Gasteiger partial charge in [-0.25, -0.2) is 0 Å². The van der Waals surface area contributed by atoms with Crippen molar-refractivity contribution in [1.82, 2.24) is 20.2 Å². The molecule has 0 saturated carbocycles. The number of benzene rings is 2. The van der Waals surface area contributed by atoms with Crippen LogP contribution >= 0.6 is 11.6 Å². The number of amides is 1. The monoisotopic (exact) mass is 406 g/mol.